The summed E-state index contributed by atoms with van der Waals surface area (Å²) in [7, 11) is 0. The van der Waals surface area contributed by atoms with E-state index in [0.717, 1.165) is 0 Å². The Morgan fingerprint density at radius 3 is 2.52 bits per heavy atom. The van der Waals surface area contributed by atoms with Crippen LogP contribution in [-0.2, 0) is 9.53 Å². The highest BCUT2D eigenvalue weighted by molar-refractivity contribution is 5.94. The number of para-hydroxylation sites is 1. The van der Waals surface area contributed by atoms with Crippen molar-refractivity contribution in [3.8, 4) is 5.75 Å². The summed E-state index contributed by atoms with van der Waals surface area (Å²) in [5.41, 5.74) is 1.09. The molecule has 2 aromatic rings. The number of anilines is 1. The van der Waals surface area contributed by atoms with Crippen LogP contribution in [0.5, 0.6) is 5.75 Å². The van der Waals surface area contributed by atoms with Crippen molar-refractivity contribution >= 4 is 17.6 Å². The van der Waals surface area contributed by atoms with Gasteiger partial charge in [-0.25, -0.2) is 4.79 Å². The zero-order valence-corrected chi connectivity index (χ0v) is 13.1. The Morgan fingerprint density at radius 2 is 1.83 bits per heavy atom. The fraction of sp³-hybridized carbons (Fsp3) is 0.222. The quantitative estimate of drug-likeness (QED) is 0.831. The molecule has 1 atom stereocenters. The zero-order chi connectivity index (χ0) is 16.7. The fourth-order valence-electron chi connectivity index (χ4n) is 1.93. The average Bonchev–Trinajstić information content (AvgIpc) is 2.56. The van der Waals surface area contributed by atoms with E-state index in [2.05, 4.69) is 5.32 Å². The minimum atomic E-state index is -0.701. The maximum atomic E-state index is 12.1. The first-order valence-electron chi connectivity index (χ1n) is 7.40. The Kier molecular flexibility index (Phi) is 5.74. The Labute approximate surface area is 135 Å². The third-order valence-corrected chi connectivity index (χ3v) is 3.07. The Balaban J connectivity index is 1.99. The summed E-state index contributed by atoms with van der Waals surface area (Å²) in [4.78, 5) is 23.8. The summed E-state index contributed by atoms with van der Waals surface area (Å²) >= 11 is 0. The standard InChI is InChI=1S/C18H19NO4/c1-3-22-18(21)14-8-7-11-16(12-14)23-13(2)17(20)19-15-9-5-4-6-10-15/h4-13H,3H2,1-2H3,(H,19,20)/t13-/m0/s1. The molecule has 0 radical (unpaired) electrons. The molecule has 0 aliphatic rings. The largest absolute Gasteiger partial charge is 0.481 e. The van der Waals surface area contributed by atoms with E-state index in [-0.39, 0.29) is 5.91 Å². The SMILES string of the molecule is CCOC(=O)c1cccc(O[C@@H](C)C(=O)Nc2ccccc2)c1. The molecule has 0 bridgehead atoms. The van der Waals surface area contributed by atoms with E-state index in [1.807, 2.05) is 18.2 Å². The summed E-state index contributed by atoms with van der Waals surface area (Å²) in [6.45, 7) is 3.70. The highest BCUT2D eigenvalue weighted by atomic mass is 16.5. The van der Waals surface area contributed by atoms with Crippen molar-refractivity contribution in [1.29, 1.82) is 0 Å². The van der Waals surface area contributed by atoms with Gasteiger partial charge in [0.25, 0.3) is 5.91 Å². The van der Waals surface area contributed by atoms with Crippen molar-refractivity contribution in [2.75, 3.05) is 11.9 Å². The van der Waals surface area contributed by atoms with Gasteiger partial charge in [0.1, 0.15) is 5.75 Å². The van der Waals surface area contributed by atoms with Crippen molar-refractivity contribution in [2.45, 2.75) is 20.0 Å². The predicted octanol–water partition coefficient (Wildman–Crippen LogP) is 3.27. The van der Waals surface area contributed by atoms with Crippen LogP contribution in [0.15, 0.2) is 54.6 Å². The van der Waals surface area contributed by atoms with E-state index < -0.39 is 12.1 Å². The van der Waals surface area contributed by atoms with Crippen molar-refractivity contribution in [3.63, 3.8) is 0 Å². The Morgan fingerprint density at radius 1 is 1.09 bits per heavy atom. The molecule has 0 saturated carbocycles. The second-order valence-electron chi connectivity index (χ2n) is 4.86. The van der Waals surface area contributed by atoms with Gasteiger partial charge in [-0.15, -0.1) is 0 Å². The summed E-state index contributed by atoms with van der Waals surface area (Å²) in [5.74, 6) is -0.247. The summed E-state index contributed by atoms with van der Waals surface area (Å²) in [6, 6.07) is 15.7. The smallest absolute Gasteiger partial charge is 0.338 e. The van der Waals surface area contributed by atoms with Gasteiger partial charge in [-0.05, 0) is 44.2 Å². The predicted molar refractivity (Wildman–Crippen MR) is 87.6 cm³/mol. The van der Waals surface area contributed by atoms with Crippen molar-refractivity contribution in [2.24, 2.45) is 0 Å². The molecule has 0 saturated heterocycles. The van der Waals surface area contributed by atoms with Crippen LogP contribution in [0.4, 0.5) is 5.69 Å². The summed E-state index contributed by atoms with van der Waals surface area (Å²) < 4.78 is 10.5. The van der Waals surface area contributed by atoms with E-state index in [1.165, 1.54) is 0 Å². The topological polar surface area (TPSA) is 64.6 Å². The Bertz CT molecular complexity index is 670. The van der Waals surface area contributed by atoms with E-state index >= 15 is 0 Å². The number of carbonyl (C=O) groups excluding carboxylic acids is 2. The van der Waals surface area contributed by atoms with Gasteiger partial charge in [0.2, 0.25) is 0 Å². The molecule has 0 heterocycles. The number of ether oxygens (including phenoxy) is 2. The maximum Gasteiger partial charge on any atom is 0.338 e. The van der Waals surface area contributed by atoms with Gasteiger partial charge in [0.15, 0.2) is 6.10 Å². The molecule has 0 fully saturated rings. The molecule has 0 spiro atoms. The van der Waals surface area contributed by atoms with Gasteiger partial charge in [-0.3, -0.25) is 4.79 Å². The van der Waals surface area contributed by atoms with Gasteiger partial charge in [-0.2, -0.15) is 0 Å². The molecule has 1 amide bonds. The van der Waals surface area contributed by atoms with E-state index in [9.17, 15) is 9.59 Å². The highest BCUT2D eigenvalue weighted by Gasteiger charge is 2.16. The first-order valence-corrected chi connectivity index (χ1v) is 7.40. The molecule has 0 aliphatic heterocycles. The molecule has 2 aromatic carbocycles. The fourth-order valence-corrected chi connectivity index (χ4v) is 1.93. The van der Waals surface area contributed by atoms with Crippen LogP contribution in [0.2, 0.25) is 0 Å². The van der Waals surface area contributed by atoms with Crippen LogP contribution < -0.4 is 10.1 Å². The number of rotatable bonds is 6. The molecule has 0 aliphatic carbocycles. The second kappa shape index (κ2) is 7.98. The lowest BCUT2D eigenvalue weighted by Gasteiger charge is -2.15. The van der Waals surface area contributed by atoms with E-state index in [0.29, 0.717) is 23.6 Å². The van der Waals surface area contributed by atoms with Gasteiger partial charge >= 0.3 is 5.97 Å². The third kappa shape index (κ3) is 4.85. The number of nitrogens with one attached hydrogen (secondary N) is 1. The Hall–Kier alpha value is -2.82. The average molecular weight is 313 g/mol. The lowest BCUT2D eigenvalue weighted by atomic mass is 10.2. The molecule has 1 N–H and O–H groups in total. The van der Waals surface area contributed by atoms with Gasteiger partial charge in [-0.1, -0.05) is 24.3 Å². The molecule has 120 valence electrons. The van der Waals surface area contributed by atoms with Crippen LogP contribution in [0.3, 0.4) is 0 Å². The number of hydrogen-bond donors (Lipinski definition) is 1. The lowest BCUT2D eigenvalue weighted by molar-refractivity contribution is -0.122. The number of esters is 1. The van der Waals surface area contributed by atoms with Gasteiger partial charge in [0, 0.05) is 5.69 Å². The molecular weight excluding hydrogens is 294 g/mol. The number of carbonyl (C=O) groups is 2. The van der Waals surface area contributed by atoms with Gasteiger partial charge < -0.3 is 14.8 Å². The molecular formula is C18H19NO4. The van der Waals surface area contributed by atoms with Crippen LogP contribution >= 0.6 is 0 Å². The molecule has 5 nitrogen and oxygen atoms in total. The second-order valence-corrected chi connectivity index (χ2v) is 4.86. The van der Waals surface area contributed by atoms with Crippen molar-refractivity contribution < 1.29 is 19.1 Å². The van der Waals surface area contributed by atoms with Crippen LogP contribution in [0.25, 0.3) is 0 Å². The minimum Gasteiger partial charge on any atom is -0.481 e. The first-order chi connectivity index (χ1) is 11.1. The van der Waals surface area contributed by atoms with Crippen LogP contribution in [0, 0.1) is 0 Å². The van der Waals surface area contributed by atoms with E-state index in [1.54, 1.807) is 50.2 Å². The molecule has 0 unspecified atom stereocenters. The van der Waals surface area contributed by atoms with Crippen LogP contribution in [0.1, 0.15) is 24.2 Å². The normalized spacial score (nSPS) is 11.4. The monoisotopic (exact) mass is 313 g/mol. The third-order valence-electron chi connectivity index (χ3n) is 3.07. The van der Waals surface area contributed by atoms with E-state index in [4.69, 9.17) is 9.47 Å². The van der Waals surface area contributed by atoms with Crippen molar-refractivity contribution in [3.05, 3.63) is 60.2 Å². The van der Waals surface area contributed by atoms with Gasteiger partial charge in [0.05, 0.1) is 12.2 Å². The number of amides is 1. The number of hydrogen-bond acceptors (Lipinski definition) is 4. The maximum absolute atomic E-state index is 12.1. The lowest BCUT2D eigenvalue weighted by Crippen LogP contribution is -2.30. The molecule has 23 heavy (non-hydrogen) atoms. The minimum absolute atomic E-state index is 0.266. The number of benzene rings is 2. The summed E-state index contributed by atoms with van der Waals surface area (Å²) in [6.07, 6.45) is -0.701. The van der Waals surface area contributed by atoms with Crippen LogP contribution in [-0.4, -0.2) is 24.6 Å². The summed E-state index contributed by atoms with van der Waals surface area (Å²) in [5, 5.41) is 2.76. The van der Waals surface area contributed by atoms with Crippen molar-refractivity contribution in [1.82, 2.24) is 0 Å². The zero-order valence-electron chi connectivity index (χ0n) is 13.1. The first kappa shape index (κ1) is 16.5. The highest BCUT2D eigenvalue weighted by Crippen LogP contribution is 2.16. The molecule has 5 heteroatoms. The molecule has 2 rings (SSSR count). The molecule has 0 aromatic heterocycles.